The zero-order valence-corrected chi connectivity index (χ0v) is 10.2. The van der Waals surface area contributed by atoms with Crippen LogP contribution in [-0.2, 0) is 16.4 Å². The molecule has 5 heteroatoms. The number of nitrogens with zero attached hydrogens (tertiary/aromatic N) is 1. The Labute approximate surface area is 101 Å². The van der Waals surface area contributed by atoms with Gasteiger partial charge in [-0.15, -0.1) is 0 Å². The quantitative estimate of drug-likeness (QED) is 0.884. The molecule has 2 rings (SSSR count). The molecule has 0 fully saturated rings. The monoisotopic (exact) mass is 250 g/mol. The van der Waals surface area contributed by atoms with Crippen LogP contribution in [0.3, 0.4) is 0 Å². The summed E-state index contributed by atoms with van der Waals surface area (Å²) in [7, 11) is -3.49. The van der Waals surface area contributed by atoms with E-state index in [1.807, 2.05) is 24.3 Å². The number of hydrogen-bond acceptors (Lipinski definition) is 3. The normalized spacial score (nSPS) is 19.4. The Morgan fingerprint density at radius 1 is 1.41 bits per heavy atom. The van der Waals surface area contributed by atoms with E-state index in [-0.39, 0.29) is 6.04 Å². The first-order chi connectivity index (χ1) is 8.12. The summed E-state index contributed by atoms with van der Waals surface area (Å²) in [4.78, 5) is 0. The fourth-order valence-corrected chi connectivity index (χ4v) is 3.15. The minimum atomic E-state index is -3.49. The summed E-state index contributed by atoms with van der Waals surface area (Å²) in [6.45, 7) is 0. The largest absolute Gasteiger partial charge is 0.225 e. The number of nitrogens with one attached hydrogen (secondary N) is 1. The maximum absolute atomic E-state index is 11.6. The van der Waals surface area contributed by atoms with Gasteiger partial charge in [-0.2, -0.15) is 5.26 Å². The molecular formula is C12H14N2O2S. The summed E-state index contributed by atoms with van der Waals surface area (Å²) in [5.41, 5.74) is 2.24. The Morgan fingerprint density at radius 3 is 2.94 bits per heavy atom. The predicted octanol–water partition coefficient (Wildman–Crippen LogP) is 1.51. The zero-order valence-electron chi connectivity index (χ0n) is 9.39. The fourth-order valence-electron chi connectivity index (χ4n) is 2.22. The molecule has 0 amide bonds. The van der Waals surface area contributed by atoms with Gasteiger partial charge in [-0.05, 0) is 30.4 Å². The lowest BCUT2D eigenvalue weighted by Crippen LogP contribution is -2.32. The lowest BCUT2D eigenvalue weighted by molar-refractivity contribution is 0.509. The molecule has 1 atom stereocenters. The summed E-state index contributed by atoms with van der Waals surface area (Å²) in [6.07, 6.45) is 2.76. The van der Waals surface area contributed by atoms with Gasteiger partial charge in [0.05, 0.1) is 6.07 Å². The van der Waals surface area contributed by atoms with Crippen LogP contribution in [0.15, 0.2) is 24.3 Å². The van der Waals surface area contributed by atoms with E-state index in [0.29, 0.717) is 0 Å². The number of fused-ring (bicyclic) bond motifs is 1. The molecular weight excluding hydrogens is 236 g/mol. The van der Waals surface area contributed by atoms with E-state index in [1.54, 1.807) is 6.07 Å². The standard InChI is InChI=1S/C12H14N2O2S/c13-8-9-17(15,16)14-12-7-3-5-10-4-1-2-6-11(10)12/h1-2,4,6,12,14H,3,5,7,9H2. The van der Waals surface area contributed by atoms with Crippen LogP contribution in [0.1, 0.15) is 30.0 Å². The molecule has 4 nitrogen and oxygen atoms in total. The van der Waals surface area contributed by atoms with Crippen molar-refractivity contribution in [1.29, 1.82) is 5.26 Å². The number of benzene rings is 1. The van der Waals surface area contributed by atoms with Gasteiger partial charge in [-0.3, -0.25) is 0 Å². The highest BCUT2D eigenvalue weighted by Crippen LogP contribution is 2.29. The van der Waals surface area contributed by atoms with Crippen LogP contribution in [0.5, 0.6) is 0 Å². The Bertz CT molecular complexity index is 546. The average molecular weight is 250 g/mol. The minimum absolute atomic E-state index is 0.182. The van der Waals surface area contributed by atoms with E-state index in [4.69, 9.17) is 5.26 Å². The number of nitriles is 1. The van der Waals surface area contributed by atoms with Crippen molar-refractivity contribution in [2.75, 3.05) is 5.75 Å². The fraction of sp³-hybridized carbons (Fsp3) is 0.417. The second-order valence-electron chi connectivity index (χ2n) is 4.18. The maximum atomic E-state index is 11.6. The average Bonchev–Trinajstić information content (AvgIpc) is 2.29. The molecule has 1 aliphatic rings. The van der Waals surface area contributed by atoms with Gasteiger partial charge < -0.3 is 0 Å². The number of aryl methyl sites for hydroxylation is 1. The van der Waals surface area contributed by atoms with Gasteiger partial charge in [0.25, 0.3) is 0 Å². The molecule has 0 aliphatic heterocycles. The van der Waals surface area contributed by atoms with Crippen molar-refractivity contribution < 1.29 is 8.42 Å². The molecule has 1 aromatic rings. The van der Waals surface area contributed by atoms with E-state index in [2.05, 4.69) is 4.72 Å². The van der Waals surface area contributed by atoms with Crippen LogP contribution >= 0.6 is 0 Å². The van der Waals surface area contributed by atoms with Crippen LogP contribution in [0.2, 0.25) is 0 Å². The molecule has 0 saturated heterocycles. The Balaban J connectivity index is 2.23. The van der Waals surface area contributed by atoms with Crippen molar-refractivity contribution in [3.8, 4) is 6.07 Å². The highest BCUT2D eigenvalue weighted by atomic mass is 32.2. The van der Waals surface area contributed by atoms with Gasteiger partial charge in [-0.1, -0.05) is 24.3 Å². The molecule has 1 aliphatic carbocycles. The predicted molar refractivity (Wildman–Crippen MR) is 64.7 cm³/mol. The van der Waals surface area contributed by atoms with Crippen LogP contribution < -0.4 is 4.72 Å². The van der Waals surface area contributed by atoms with E-state index < -0.39 is 15.8 Å². The third-order valence-corrected chi connectivity index (χ3v) is 4.10. The summed E-state index contributed by atoms with van der Waals surface area (Å²) in [5, 5.41) is 8.46. The van der Waals surface area contributed by atoms with Crippen molar-refractivity contribution in [2.24, 2.45) is 0 Å². The molecule has 0 saturated carbocycles. The molecule has 0 aromatic heterocycles. The van der Waals surface area contributed by atoms with E-state index in [9.17, 15) is 8.42 Å². The maximum Gasteiger partial charge on any atom is 0.225 e. The van der Waals surface area contributed by atoms with Crippen molar-refractivity contribution in [1.82, 2.24) is 4.72 Å². The van der Waals surface area contributed by atoms with Crippen LogP contribution in [0, 0.1) is 11.3 Å². The Morgan fingerprint density at radius 2 is 2.18 bits per heavy atom. The first-order valence-electron chi connectivity index (χ1n) is 5.57. The van der Waals surface area contributed by atoms with Crippen molar-refractivity contribution in [3.05, 3.63) is 35.4 Å². The summed E-state index contributed by atoms with van der Waals surface area (Å²) in [5.74, 6) is -0.480. The van der Waals surface area contributed by atoms with Crippen molar-refractivity contribution in [3.63, 3.8) is 0 Å². The molecule has 90 valence electrons. The van der Waals surface area contributed by atoms with Gasteiger partial charge in [0, 0.05) is 6.04 Å². The topological polar surface area (TPSA) is 70.0 Å². The van der Waals surface area contributed by atoms with Crippen LogP contribution in [0.25, 0.3) is 0 Å². The zero-order chi connectivity index (χ0) is 12.3. The summed E-state index contributed by atoms with van der Waals surface area (Å²) < 4.78 is 25.8. The first kappa shape index (κ1) is 12.1. The minimum Gasteiger partial charge on any atom is -0.211 e. The smallest absolute Gasteiger partial charge is 0.211 e. The number of sulfonamides is 1. The Kier molecular flexibility index (Phi) is 3.46. The Hall–Kier alpha value is -1.38. The van der Waals surface area contributed by atoms with E-state index >= 15 is 0 Å². The molecule has 1 unspecified atom stereocenters. The molecule has 0 radical (unpaired) electrons. The van der Waals surface area contributed by atoms with Gasteiger partial charge in [-0.25, -0.2) is 13.1 Å². The number of rotatable bonds is 3. The molecule has 0 heterocycles. The first-order valence-corrected chi connectivity index (χ1v) is 7.22. The lowest BCUT2D eigenvalue weighted by Gasteiger charge is -2.25. The second-order valence-corrected chi connectivity index (χ2v) is 5.93. The summed E-state index contributed by atoms with van der Waals surface area (Å²) >= 11 is 0. The van der Waals surface area contributed by atoms with E-state index in [1.165, 1.54) is 5.56 Å². The van der Waals surface area contributed by atoms with Crippen LogP contribution in [-0.4, -0.2) is 14.2 Å². The SMILES string of the molecule is N#CCS(=O)(=O)NC1CCCc2ccccc21. The third kappa shape index (κ3) is 2.84. The summed E-state index contributed by atoms with van der Waals surface area (Å²) in [6, 6.07) is 9.34. The van der Waals surface area contributed by atoms with Crippen LogP contribution in [0.4, 0.5) is 0 Å². The van der Waals surface area contributed by atoms with E-state index in [0.717, 1.165) is 24.8 Å². The molecule has 17 heavy (non-hydrogen) atoms. The third-order valence-electron chi connectivity index (χ3n) is 2.95. The molecule has 1 aromatic carbocycles. The highest BCUT2D eigenvalue weighted by molar-refractivity contribution is 7.89. The van der Waals surface area contributed by atoms with Gasteiger partial charge in [0.2, 0.25) is 10.0 Å². The highest BCUT2D eigenvalue weighted by Gasteiger charge is 2.23. The van der Waals surface area contributed by atoms with Gasteiger partial charge >= 0.3 is 0 Å². The van der Waals surface area contributed by atoms with Crippen molar-refractivity contribution >= 4 is 10.0 Å². The second kappa shape index (κ2) is 4.86. The van der Waals surface area contributed by atoms with Gasteiger partial charge in [0.15, 0.2) is 5.75 Å². The molecule has 1 N–H and O–H groups in total. The van der Waals surface area contributed by atoms with Gasteiger partial charge in [0.1, 0.15) is 0 Å². The van der Waals surface area contributed by atoms with Crippen molar-refractivity contribution in [2.45, 2.75) is 25.3 Å². The molecule has 0 spiro atoms. The molecule has 0 bridgehead atoms. The lowest BCUT2D eigenvalue weighted by atomic mass is 9.88. The number of hydrogen-bond donors (Lipinski definition) is 1.